The molecule has 0 saturated heterocycles. The first-order valence-corrected chi connectivity index (χ1v) is 12.3. The predicted molar refractivity (Wildman–Crippen MR) is 133 cm³/mol. The summed E-state index contributed by atoms with van der Waals surface area (Å²) in [6.07, 6.45) is 5.17. The van der Waals surface area contributed by atoms with Crippen molar-refractivity contribution in [3.63, 3.8) is 0 Å². The molecule has 34 heavy (non-hydrogen) atoms. The van der Waals surface area contributed by atoms with E-state index >= 15 is 0 Å². The quantitative estimate of drug-likeness (QED) is 0.395. The van der Waals surface area contributed by atoms with Gasteiger partial charge in [0.05, 0.1) is 22.6 Å². The molecular formula is C25H23ClN4O3S. The van der Waals surface area contributed by atoms with Gasteiger partial charge in [0.25, 0.3) is 10.0 Å². The Morgan fingerprint density at radius 3 is 2.53 bits per heavy atom. The zero-order chi connectivity index (χ0) is 24.1. The average molecular weight is 495 g/mol. The Morgan fingerprint density at radius 1 is 1.06 bits per heavy atom. The van der Waals surface area contributed by atoms with Crippen molar-refractivity contribution in [3.8, 4) is 5.69 Å². The van der Waals surface area contributed by atoms with Gasteiger partial charge >= 0.3 is 0 Å². The fourth-order valence-electron chi connectivity index (χ4n) is 3.48. The van der Waals surface area contributed by atoms with E-state index in [2.05, 4.69) is 10.3 Å². The van der Waals surface area contributed by atoms with E-state index in [9.17, 15) is 13.2 Å². The third-order valence-electron chi connectivity index (χ3n) is 5.24. The number of carbonyl (C=O) groups excluding carboxylic acids is 1. The lowest BCUT2D eigenvalue weighted by molar-refractivity contribution is -0.119. The Balaban J connectivity index is 1.58. The van der Waals surface area contributed by atoms with Crippen LogP contribution in [0.25, 0.3) is 5.69 Å². The number of sulfonamides is 1. The number of nitrogens with zero attached hydrogens (tertiary/aromatic N) is 3. The topological polar surface area (TPSA) is 84.3 Å². The highest BCUT2D eigenvalue weighted by atomic mass is 35.5. The molecule has 0 spiro atoms. The highest BCUT2D eigenvalue weighted by Crippen LogP contribution is 2.26. The lowest BCUT2D eigenvalue weighted by atomic mass is 10.1. The van der Waals surface area contributed by atoms with Crippen LogP contribution in [0.5, 0.6) is 0 Å². The molecule has 1 amide bonds. The van der Waals surface area contributed by atoms with Crippen LogP contribution < -0.4 is 9.62 Å². The van der Waals surface area contributed by atoms with Crippen molar-refractivity contribution in [2.45, 2.75) is 18.4 Å². The molecule has 0 unspecified atom stereocenters. The number of anilines is 1. The maximum Gasteiger partial charge on any atom is 0.264 e. The molecule has 1 heterocycles. The number of nitrogens with one attached hydrogen (secondary N) is 1. The van der Waals surface area contributed by atoms with Gasteiger partial charge in [0, 0.05) is 24.0 Å². The summed E-state index contributed by atoms with van der Waals surface area (Å²) in [7, 11) is -4.01. The number of hydrogen-bond acceptors (Lipinski definition) is 4. The van der Waals surface area contributed by atoms with E-state index in [0.29, 0.717) is 10.7 Å². The summed E-state index contributed by atoms with van der Waals surface area (Å²) >= 11 is 6.12. The van der Waals surface area contributed by atoms with Crippen molar-refractivity contribution in [3.05, 3.63) is 108 Å². The number of carbonyl (C=O) groups is 1. The Morgan fingerprint density at radius 2 is 1.82 bits per heavy atom. The number of aromatic nitrogens is 2. The molecule has 0 fully saturated rings. The molecule has 0 bridgehead atoms. The van der Waals surface area contributed by atoms with Crippen molar-refractivity contribution in [2.24, 2.45) is 0 Å². The molecule has 4 aromatic rings. The summed E-state index contributed by atoms with van der Waals surface area (Å²) in [5.41, 5.74) is 2.98. The van der Waals surface area contributed by atoms with E-state index in [4.69, 9.17) is 11.6 Å². The first-order chi connectivity index (χ1) is 16.3. The number of rotatable bonds is 8. The molecule has 3 aromatic carbocycles. The Hall–Kier alpha value is -3.62. The van der Waals surface area contributed by atoms with Gasteiger partial charge in [-0.25, -0.2) is 13.4 Å². The zero-order valence-corrected chi connectivity index (χ0v) is 20.0. The summed E-state index contributed by atoms with van der Waals surface area (Å²) in [6, 6.07) is 20.5. The molecule has 174 valence electrons. The van der Waals surface area contributed by atoms with Crippen LogP contribution in [0.4, 0.5) is 5.69 Å². The van der Waals surface area contributed by atoms with Gasteiger partial charge in [0.15, 0.2) is 0 Å². The van der Waals surface area contributed by atoms with Crippen molar-refractivity contribution < 1.29 is 13.2 Å². The Bertz CT molecular complexity index is 1390. The SMILES string of the molecule is Cc1ccc(S(=O)(=O)N(CC(=O)NCc2ccccc2-n2ccnc2)c2cccc(Cl)c2)cc1. The van der Waals surface area contributed by atoms with E-state index in [1.54, 1.807) is 42.9 Å². The number of hydrogen-bond donors (Lipinski definition) is 1. The number of imidazole rings is 1. The Kier molecular flexibility index (Phi) is 7.00. The van der Waals surface area contributed by atoms with Crippen LogP contribution in [0, 0.1) is 6.92 Å². The molecule has 0 aliphatic rings. The van der Waals surface area contributed by atoms with Crippen LogP contribution in [-0.4, -0.2) is 30.4 Å². The van der Waals surface area contributed by atoms with Gasteiger partial charge in [-0.3, -0.25) is 9.10 Å². The third kappa shape index (κ3) is 5.30. The summed E-state index contributed by atoms with van der Waals surface area (Å²) < 4.78 is 29.9. The van der Waals surface area contributed by atoms with Crippen LogP contribution in [0.2, 0.25) is 5.02 Å². The predicted octanol–water partition coefficient (Wildman–Crippen LogP) is 4.35. The van der Waals surface area contributed by atoms with E-state index < -0.39 is 22.5 Å². The van der Waals surface area contributed by atoms with Gasteiger partial charge in [-0.1, -0.05) is 53.6 Å². The van der Waals surface area contributed by atoms with Crippen molar-refractivity contribution in [1.82, 2.24) is 14.9 Å². The minimum Gasteiger partial charge on any atom is -0.350 e. The molecule has 7 nitrogen and oxygen atoms in total. The second-order valence-corrected chi connectivity index (χ2v) is 9.98. The fourth-order valence-corrected chi connectivity index (χ4v) is 5.08. The second-order valence-electron chi connectivity index (χ2n) is 7.68. The molecule has 4 rings (SSSR count). The molecule has 9 heteroatoms. The van der Waals surface area contributed by atoms with Gasteiger partial charge in [-0.2, -0.15) is 0 Å². The molecule has 0 atom stereocenters. The molecule has 0 aliphatic carbocycles. The first kappa shape index (κ1) is 23.5. The van der Waals surface area contributed by atoms with Gasteiger partial charge in [-0.05, 0) is 48.9 Å². The normalized spacial score (nSPS) is 11.2. The van der Waals surface area contributed by atoms with E-state index in [0.717, 1.165) is 21.1 Å². The second kappa shape index (κ2) is 10.1. The number of aryl methyl sites for hydroxylation is 1. The van der Waals surface area contributed by atoms with Crippen LogP contribution in [0.3, 0.4) is 0 Å². The number of para-hydroxylation sites is 1. The monoisotopic (exact) mass is 494 g/mol. The van der Waals surface area contributed by atoms with Crippen LogP contribution in [0.1, 0.15) is 11.1 Å². The van der Waals surface area contributed by atoms with Crippen molar-refractivity contribution in [2.75, 3.05) is 10.8 Å². The maximum absolute atomic E-state index is 13.5. The Labute approximate surface area is 203 Å². The van der Waals surface area contributed by atoms with Crippen LogP contribution >= 0.6 is 11.6 Å². The number of amides is 1. The first-order valence-electron chi connectivity index (χ1n) is 10.5. The molecule has 0 radical (unpaired) electrons. The molecule has 1 aromatic heterocycles. The number of halogens is 1. The van der Waals surface area contributed by atoms with Gasteiger partial charge in [0.2, 0.25) is 5.91 Å². The lowest BCUT2D eigenvalue weighted by Crippen LogP contribution is -2.40. The van der Waals surface area contributed by atoms with Gasteiger partial charge in [0.1, 0.15) is 6.54 Å². The van der Waals surface area contributed by atoms with Gasteiger partial charge < -0.3 is 9.88 Å². The van der Waals surface area contributed by atoms with Crippen LogP contribution in [0.15, 0.2) is 96.4 Å². The maximum atomic E-state index is 13.5. The minimum absolute atomic E-state index is 0.0938. The van der Waals surface area contributed by atoms with Crippen LogP contribution in [-0.2, 0) is 21.4 Å². The fraction of sp³-hybridized carbons (Fsp3) is 0.120. The largest absolute Gasteiger partial charge is 0.350 e. The summed E-state index contributed by atoms with van der Waals surface area (Å²) in [4.78, 5) is 17.1. The standard InChI is InChI=1S/C25H23ClN4O3S/c1-19-9-11-23(12-10-19)34(32,33)30(22-7-4-6-21(26)15-22)17-25(31)28-16-20-5-2-3-8-24(20)29-14-13-27-18-29/h2-15,18H,16-17H2,1H3,(H,28,31). The molecule has 1 N–H and O–H groups in total. The summed E-state index contributed by atoms with van der Waals surface area (Å²) in [5.74, 6) is -0.448. The molecular weight excluding hydrogens is 472 g/mol. The zero-order valence-electron chi connectivity index (χ0n) is 18.4. The average Bonchev–Trinajstić information content (AvgIpc) is 3.36. The van der Waals surface area contributed by atoms with E-state index in [1.807, 2.05) is 42.0 Å². The minimum atomic E-state index is -4.01. The van der Waals surface area contributed by atoms with Crippen molar-refractivity contribution >= 4 is 33.2 Å². The molecule has 0 saturated carbocycles. The summed E-state index contributed by atoms with van der Waals surface area (Å²) in [6.45, 7) is 1.70. The number of benzene rings is 3. The van der Waals surface area contributed by atoms with E-state index in [1.165, 1.54) is 18.2 Å². The molecule has 0 aliphatic heterocycles. The van der Waals surface area contributed by atoms with Gasteiger partial charge in [-0.15, -0.1) is 0 Å². The third-order valence-corrected chi connectivity index (χ3v) is 7.27. The highest BCUT2D eigenvalue weighted by Gasteiger charge is 2.27. The summed E-state index contributed by atoms with van der Waals surface area (Å²) in [5, 5.41) is 3.21. The van der Waals surface area contributed by atoms with E-state index in [-0.39, 0.29) is 11.4 Å². The highest BCUT2D eigenvalue weighted by molar-refractivity contribution is 7.92. The smallest absolute Gasteiger partial charge is 0.264 e. The van der Waals surface area contributed by atoms with Crippen molar-refractivity contribution in [1.29, 1.82) is 0 Å². The lowest BCUT2D eigenvalue weighted by Gasteiger charge is -2.24.